The molecule has 1 atom stereocenters. The predicted molar refractivity (Wildman–Crippen MR) is 75.2 cm³/mol. The van der Waals surface area contributed by atoms with Crippen molar-refractivity contribution in [1.82, 2.24) is 0 Å². The Bertz CT molecular complexity index is 477. The summed E-state index contributed by atoms with van der Waals surface area (Å²) in [4.78, 5) is 1.32. The number of thiophene rings is 2. The number of aryl methyl sites for hydroxylation is 2. The zero-order valence-corrected chi connectivity index (χ0v) is 11.8. The van der Waals surface area contributed by atoms with Crippen molar-refractivity contribution in [1.29, 1.82) is 0 Å². The van der Waals surface area contributed by atoms with Gasteiger partial charge in [0.15, 0.2) is 0 Å². The van der Waals surface area contributed by atoms with Gasteiger partial charge in [0, 0.05) is 16.3 Å². The van der Waals surface area contributed by atoms with Crippen molar-refractivity contribution < 1.29 is 5.11 Å². The Morgan fingerprint density at radius 2 is 2.12 bits per heavy atom. The molecule has 2 heterocycles. The highest BCUT2D eigenvalue weighted by Crippen LogP contribution is 2.37. The Morgan fingerprint density at radius 1 is 1.44 bits per heavy atom. The summed E-state index contributed by atoms with van der Waals surface area (Å²) >= 11 is 3.61. The van der Waals surface area contributed by atoms with E-state index in [1.165, 1.54) is 25.4 Å². The van der Waals surface area contributed by atoms with Crippen molar-refractivity contribution in [2.24, 2.45) is 5.73 Å². The Hall–Kier alpha value is -0.130. The number of halogens is 1. The van der Waals surface area contributed by atoms with Gasteiger partial charge in [-0.15, -0.1) is 35.1 Å². The smallest absolute Gasteiger partial charge is 0.0873 e. The van der Waals surface area contributed by atoms with E-state index in [9.17, 15) is 0 Å². The summed E-state index contributed by atoms with van der Waals surface area (Å²) in [5, 5.41) is 12.5. The van der Waals surface area contributed by atoms with Crippen LogP contribution in [-0.4, -0.2) is 17.8 Å². The lowest BCUT2D eigenvalue weighted by Crippen LogP contribution is -2.26. The second kappa shape index (κ2) is 5.47. The summed E-state index contributed by atoms with van der Waals surface area (Å²) in [5.74, 6) is 0. The third-order valence-corrected chi connectivity index (χ3v) is 5.17. The zero-order chi connectivity index (χ0) is 11.0. The summed E-state index contributed by atoms with van der Waals surface area (Å²) in [5.41, 5.74) is 8.46. The molecule has 90 valence electrons. The highest BCUT2D eigenvalue weighted by atomic mass is 35.5. The first-order chi connectivity index (χ1) is 7.13. The van der Waals surface area contributed by atoms with Crippen molar-refractivity contribution in [3.05, 3.63) is 21.4 Å². The molecule has 0 aliphatic heterocycles. The van der Waals surface area contributed by atoms with E-state index in [0.717, 1.165) is 6.42 Å². The lowest BCUT2D eigenvalue weighted by molar-refractivity contribution is 0.265. The summed E-state index contributed by atoms with van der Waals surface area (Å²) in [6, 6.07) is -0.128. The van der Waals surface area contributed by atoms with Crippen LogP contribution in [0.4, 0.5) is 0 Å². The minimum absolute atomic E-state index is 0. The van der Waals surface area contributed by atoms with Gasteiger partial charge in [-0.2, -0.15) is 0 Å². The molecule has 2 rings (SSSR count). The molecule has 2 aromatic rings. The van der Waals surface area contributed by atoms with E-state index in [1.54, 1.807) is 11.3 Å². The Balaban J connectivity index is 0.00000128. The molecule has 0 saturated carbocycles. The van der Waals surface area contributed by atoms with Crippen LogP contribution in [0.25, 0.3) is 9.40 Å². The first kappa shape index (κ1) is 13.9. The van der Waals surface area contributed by atoms with E-state index in [1.807, 2.05) is 11.3 Å². The fourth-order valence-corrected chi connectivity index (χ4v) is 4.43. The van der Waals surface area contributed by atoms with Gasteiger partial charge in [-0.25, -0.2) is 0 Å². The molecular weight excluding hydrogens is 262 g/mol. The molecule has 0 radical (unpaired) electrons. The Labute approximate surface area is 110 Å². The lowest BCUT2D eigenvalue weighted by Gasteiger charge is -2.06. The number of hydrogen-bond donors (Lipinski definition) is 2. The van der Waals surface area contributed by atoms with Crippen LogP contribution in [-0.2, 0) is 6.42 Å². The first-order valence-electron chi connectivity index (χ1n) is 4.96. The van der Waals surface area contributed by atoms with Crippen LogP contribution >= 0.6 is 35.1 Å². The number of nitrogens with two attached hydrogens (primary N) is 1. The van der Waals surface area contributed by atoms with Crippen LogP contribution in [0.1, 0.15) is 16.0 Å². The average Bonchev–Trinajstić information content (AvgIpc) is 2.71. The molecule has 0 fully saturated rings. The Kier molecular flexibility index (Phi) is 4.76. The van der Waals surface area contributed by atoms with E-state index in [-0.39, 0.29) is 25.1 Å². The van der Waals surface area contributed by atoms with Crippen LogP contribution in [0, 0.1) is 13.8 Å². The topological polar surface area (TPSA) is 46.2 Å². The third-order valence-electron chi connectivity index (χ3n) is 2.63. The zero-order valence-electron chi connectivity index (χ0n) is 9.32. The molecule has 0 spiro atoms. The molecule has 2 nitrogen and oxygen atoms in total. The SMILES string of the molecule is Cc1csc2sc(CC(N)CO)c(C)c12.Cl. The van der Waals surface area contributed by atoms with Crippen LogP contribution in [0.2, 0.25) is 0 Å². The fraction of sp³-hybridized carbons (Fsp3) is 0.455. The molecular formula is C11H16ClNOS2. The molecule has 0 bridgehead atoms. The summed E-state index contributed by atoms with van der Waals surface area (Å²) in [6.07, 6.45) is 0.786. The normalized spacial score (nSPS) is 12.8. The van der Waals surface area contributed by atoms with Crippen molar-refractivity contribution in [2.75, 3.05) is 6.61 Å². The predicted octanol–water partition coefficient (Wildman–Crippen LogP) is 2.86. The molecule has 2 aromatic heterocycles. The minimum Gasteiger partial charge on any atom is -0.395 e. The van der Waals surface area contributed by atoms with Gasteiger partial charge in [0.05, 0.1) is 10.6 Å². The van der Waals surface area contributed by atoms with E-state index in [2.05, 4.69) is 19.2 Å². The molecule has 0 amide bonds. The standard InChI is InChI=1S/C11H15NOS2.ClH/c1-6-5-14-11-10(6)7(2)9(15-11)3-8(12)4-13;/h5,8,13H,3-4,12H2,1-2H3;1H. The number of rotatable bonds is 3. The van der Waals surface area contributed by atoms with Crippen LogP contribution in [0.15, 0.2) is 5.38 Å². The number of fused-ring (bicyclic) bond motifs is 1. The molecule has 16 heavy (non-hydrogen) atoms. The van der Waals surface area contributed by atoms with Crippen molar-refractivity contribution in [3.8, 4) is 0 Å². The maximum absolute atomic E-state index is 8.95. The lowest BCUT2D eigenvalue weighted by atomic mass is 10.1. The van der Waals surface area contributed by atoms with Crippen LogP contribution in [0.3, 0.4) is 0 Å². The van der Waals surface area contributed by atoms with Crippen molar-refractivity contribution in [3.63, 3.8) is 0 Å². The summed E-state index contributed by atoms with van der Waals surface area (Å²) in [6.45, 7) is 4.36. The molecule has 0 aliphatic carbocycles. The van der Waals surface area contributed by atoms with Gasteiger partial charge >= 0.3 is 0 Å². The van der Waals surface area contributed by atoms with Gasteiger partial charge in [0.25, 0.3) is 0 Å². The van der Waals surface area contributed by atoms with E-state index < -0.39 is 0 Å². The first-order valence-corrected chi connectivity index (χ1v) is 6.65. The van der Waals surface area contributed by atoms with Gasteiger partial charge in [-0.05, 0) is 36.8 Å². The maximum Gasteiger partial charge on any atom is 0.0873 e. The van der Waals surface area contributed by atoms with Crippen molar-refractivity contribution >= 4 is 44.5 Å². The van der Waals surface area contributed by atoms with Gasteiger partial charge in [0.2, 0.25) is 0 Å². The third kappa shape index (κ3) is 2.41. The molecule has 3 N–H and O–H groups in total. The molecule has 5 heteroatoms. The highest BCUT2D eigenvalue weighted by molar-refractivity contribution is 7.37. The highest BCUT2D eigenvalue weighted by Gasteiger charge is 2.14. The van der Waals surface area contributed by atoms with E-state index in [4.69, 9.17) is 10.8 Å². The van der Waals surface area contributed by atoms with Gasteiger partial charge in [-0.3, -0.25) is 0 Å². The van der Waals surface area contributed by atoms with Gasteiger partial charge < -0.3 is 10.8 Å². The van der Waals surface area contributed by atoms with E-state index >= 15 is 0 Å². The summed E-state index contributed by atoms with van der Waals surface area (Å²) in [7, 11) is 0. The molecule has 0 saturated heterocycles. The maximum atomic E-state index is 8.95. The largest absolute Gasteiger partial charge is 0.395 e. The van der Waals surface area contributed by atoms with Crippen molar-refractivity contribution in [2.45, 2.75) is 26.3 Å². The van der Waals surface area contributed by atoms with Gasteiger partial charge in [0.1, 0.15) is 0 Å². The second-order valence-corrected chi connectivity index (χ2v) is 6.12. The molecule has 0 aliphatic rings. The van der Waals surface area contributed by atoms with Crippen LogP contribution in [0.5, 0.6) is 0 Å². The molecule has 0 aromatic carbocycles. The molecule has 1 unspecified atom stereocenters. The number of hydrogen-bond acceptors (Lipinski definition) is 4. The quantitative estimate of drug-likeness (QED) is 0.906. The second-order valence-electron chi connectivity index (χ2n) is 3.88. The average molecular weight is 278 g/mol. The van der Waals surface area contributed by atoms with Crippen LogP contribution < -0.4 is 5.73 Å². The van der Waals surface area contributed by atoms with E-state index in [0.29, 0.717) is 0 Å². The fourth-order valence-electron chi connectivity index (χ4n) is 1.77. The number of aliphatic hydroxyl groups is 1. The number of aliphatic hydroxyl groups excluding tert-OH is 1. The van der Waals surface area contributed by atoms with Gasteiger partial charge in [-0.1, -0.05) is 0 Å². The monoisotopic (exact) mass is 277 g/mol. The summed E-state index contributed by atoms with van der Waals surface area (Å²) < 4.78 is 1.38. The minimum atomic E-state index is -0.128. The Morgan fingerprint density at radius 3 is 2.69 bits per heavy atom.